The zero-order valence-corrected chi connectivity index (χ0v) is 17.1. The van der Waals surface area contributed by atoms with Gasteiger partial charge in [-0.25, -0.2) is 4.98 Å². The van der Waals surface area contributed by atoms with Crippen LogP contribution >= 0.6 is 11.3 Å². The maximum atomic E-state index is 13.2. The number of benzene rings is 1. The first kappa shape index (κ1) is 18.9. The molecule has 0 spiro atoms. The zero-order chi connectivity index (χ0) is 20.1. The van der Waals surface area contributed by atoms with Gasteiger partial charge in [0, 0.05) is 4.88 Å². The molecule has 2 aromatic heterocycles. The molecule has 0 saturated heterocycles. The summed E-state index contributed by atoms with van der Waals surface area (Å²) in [7, 11) is 0. The van der Waals surface area contributed by atoms with Crippen LogP contribution in [0.2, 0.25) is 0 Å². The van der Waals surface area contributed by atoms with Gasteiger partial charge in [0.15, 0.2) is 0 Å². The third-order valence-corrected chi connectivity index (χ3v) is 6.94. The minimum absolute atomic E-state index is 0.0458. The predicted octanol–water partition coefficient (Wildman–Crippen LogP) is 3.02. The lowest BCUT2D eigenvalue weighted by Gasteiger charge is -2.33. The van der Waals surface area contributed by atoms with Crippen LogP contribution in [0.5, 0.6) is 0 Å². The second-order valence-corrected chi connectivity index (χ2v) is 9.74. The van der Waals surface area contributed by atoms with Gasteiger partial charge in [-0.15, -0.1) is 11.3 Å². The van der Waals surface area contributed by atoms with Gasteiger partial charge < -0.3 is 9.90 Å². The van der Waals surface area contributed by atoms with Crippen molar-refractivity contribution in [2.75, 3.05) is 0 Å². The Morgan fingerprint density at radius 1 is 1.36 bits per heavy atom. The summed E-state index contributed by atoms with van der Waals surface area (Å²) in [6, 6.07) is 6.50. The van der Waals surface area contributed by atoms with Crippen molar-refractivity contribution in [2.24, 2.45) is 11.3 Å². The number of carboxylic acid groups (broad SMARTS) is 1. The number of carbonyl (C=O) groups excluding carboxylic acids is 1. The van der Waals surface area contributed by atoms with Crippen molar-refractivity contribution in [3.8, 4) is 0 Å². The summed E-state index contributed by atoms with van der Waals surface area (Å²) < 4.78 is 1.57. The Morgan fingerprint density at radius 2 is 2.14 bits per heavy atom. The minimum atomic E-state index is -1.22. The van der Waals surface area contributed by atoms with Crippen molar-refractivity contribution < 1.29 is 9.90 Å². The van der Waals surface area contributed by atoms with E-state index in [1.54, 1.807) is 40.4 Å². The SMILES string of the molecule is CC(C)(C)[C@H]1CCc2c(sc3ncn(Cc4cccc(C(=O)[O-])c4)c(=O)c23)C1. The molecule has 1 aliphatic rings. The average molecular weight is 396 g/mol. The molecular formula is C22H23N2O3S-. The van der Waals surface area contributed by atoms with E-state index in [9.17, 15) is 14.7 Å². The summed E-state index contributed by atoms with van der Waals surface area (Å²) in [6.07, 6.45) is 4.58. The zero-order valence-electron chi connectivity index (χ0n) is 16.3. The van der Waals surface area contributed by atoms with E-state index in [0.29, 0.717) is 5.92 Å². The van der Waals surface area contributed by atoms with Crippen LogP contribution in [-0.4, -0.2) is 15.5 Å². The molecule has 2 heterocycles. The molecule has 0 N–H and O–H groups in total. The molecule has 0 aliphatic heterocycles. The Morgan fingerprint density at radius 3 is 2.86 bits per heavy atom. The third kappa shape index (κ3) is 3.37. The number of carbonyl (C=O) groups is 1. The number of rotatable bonds is 3. The van der Waals surface area contributed by atoms with E-state index in [4.69, 9.17) is 0 Å². The minimum Gasteiger partial charge on any atom is -0.545 e. The first-order valence-corrected chi connectivity index (χ1v) is 10.4. The number of nitrogens with zero attached hydrogens (tertiary/aromatic N) is 2. The molecule has 0 fully saturated rings. The van der Waals surface area contributed by atoms with E-state index >= 15 is 0 Å². The second kappa shape index (κ2) is 6.85. The van der Waals surface area contributed by atoms with Crippen molar-refractivity contribution in [1.29, 1.82) is 0 Å². The monoisotopic (exact) mass is 395 g/mol. The number of fused-ring (bicyclic) bond motifs is 3. The highest BCUT2D eigenvalue weighted by atomic mass is 32.1. The van der Waals surface area contributed by atoms with Crippen LogP contribution < -0.4 is 10.7 Å². The standard InChI is InChI=1S/C22H24N2O3S/c1-22(2,3)15-7-8-16-17(10-15)28-19-18(16)20(25)24(12-23-19)11-13-5-4-6-14(9-13)21(26)27/h4-6,9,12,15H,7-8,10-11H2,1-3H3,(H,26,27)/p-1/t15-/m0/s1. The van der Waals surface area contributed by atoms with Gasteiger partial charge in [0.25, 0.3) is 5.56 Å². The largest absolute Gasteiger partial charge is 0.545 e. The molecule has 0 radical (unpaired) electrons. The summed E-state index contributed by atoms with van der Waals surface area (Å²) in [5, 5.41) is 11.8. The fraction of sp³-hybridized carbons (Fsp3) is 0.409. The average Bonchev–Trinajstić information content (AvgIpc) is 3.02. The van der Waals surface area contributed by atoms with Crippen LogP contribution in [0.3, 0.4) is 0 Å². The number of hydrogen-bond acceptors (Lipinski definition) is 5. The molecule has 0 bridgehead atoms. The molecule has 3 aromatic rings. The summed E-state index contributed by atoms with van der Waals surface area (Å²) in [5.74, 6) is -0.606. The number of hydrogen-bond donors (Lipinski definition) is 0. The van der Waals surface area contributed by atoms with Gasteiger partial charge in [0.05, 0.1) is 24.2 Å². The molecule has 0 saturated carbocycles. The number of aromatic carboxylic acids is 1. The smallest absolute Gasteiger partial charge is 0.262 e. The van der Waals surface area contributed by atoms with Crippen LogP contribution in [0, 0.1) is 11.3 Å². The molecule has 1 aliphatic carbocycles. The van der Waals surface area contributed by atoms with Crippen LogP contribution in [-0.2, 0) is 19.4 Å². The Labute approximate surface area is 167 Å². The maximum Gasteiger partial charge on any atom is 0.262 e. The third-order valence-electron chi connectivity index (χ3n) is 5.78. The van der Waals surface area contributed by atoms with E-state index in [0.717, 1.165) is 40.6 Å². The Hall–Kier alpha value is -2.47. The molecule has 28 heavy (non-hydrogen) atoms. The lowest BCUT2D eigenvalue weighted by atomic mass is 9.72. The maximum absolute atomic E-state index is 13.2. The van der Waals surface area contributed by atoms with Crippen LogP contribution in [0.25, 0.3) is 10.2 Å². The van der Waals surface area contributed by atoms with Crippen LogP contribution in [0.15, 0.2) is 35.4 Å². The van der Waals surface area contributed by atoms with Gasteiger partial charge in [0.2, 0.25) is 0 Å². The normalized spacial score (nSPS) is 16.9. The van der Waals surface area contributed by atoms with Gasteiger partial charge in [-0.05, 0) is 53.4 Å². The highest BCUT2D eigenvalue weighted by molar-refractivity contribution is 7.18. The highest BCUT2D eigenvalue weighted by Gasteiger charge is 2.31. The molecule has 1 atom stereocenters. The molecule has 0 amide bonds. The van der Waals surface area contributed by atoms with Crippen molar-refractivity contribution in [2.45, 2.75) is 46.6 Å². The Kier molecular flexibility index (Phi) is 4.62. The van der Waals surface area contributed by atoms with E-state index < -0.39 is 5.97 Å². The van der Waals surface area contributed by atoms with E-state index in [-0.39, 0.29) is 23.1 Å². The Bertz CT molecular complexity index is 1120. The molecule has 6 heteroatoms. The Balaban J connectivity index is 1.71. The number of carboxylic acids is 1. The van der Waals surface area contributed by atoms with E-state index in [1.165, 1.54) is 10.9 Å². The highest BCUT2D eigenvalue weighted by Crippen LogP contribution is 2.41. The summed E-state index contributed by atoms with van der Waals surface area (Å²) in [4.78, 5) is 30.9. The molecule has 5 nitrogen and oxygen atoms in total. The first-order valence-electron chi connectivity index (χ1n) is 9.54. The summed E-state index contributed by atoms with van der Waals surface area (Å²) in [6.45, 7) is 7.13. The van der Waals surface area contributed by atoms with Crippen molar-refractivity contribution >= 4 is 27.5 Å². The molecule has 0 unspecified atom stereocenters. The van der Waals surface area contributed by atoms with Gasteiger partial charge in [-0.3, -0.25) is 9.36 Å². The topological polar surface area (TPSA) is 75.0 Å². The second-order valence-electron chi connectivity index (χ2n) is 8.66. The first-order chi connectivity index (χ1) is 13.2. The van der Waals surface area contributed by atoms with Crippen LogP contribution in [0.4, 0.5) is 0 Å². The van der Waals surface area contributed by atoms with Gasteiger partial charge in [0.1, 0.15) is 4.83 Å². The molecule has 4 rings (SSSR count). The predicted molar refractivity (Wildman–Crippen MR) is 109 cm³/mol. The summed E-state index contributed by atoms with van der Waals surface area (Å²) >= 11 is 1.64. The van der Waals surface area contributed by atoms with E-state index in [1.807, 2.05) is 0 Å². The summed E-state index contributed by atoms with van der Waals surface area (Å²) in [5.41, 5.74) is 2.22. The lowest BCUT2D eigenvalue weighted by Crippen LogP contribution is -2.27. The van der Waals surface area contributed by atoms with Crippen LogP contribution in [0.1, 0.15) is 53.6 Å². The lowest BCUT2D eigenvalue weighted by molar-refractivity contribution is -0.255. The van der Waals surface area contributed by atoms with Gasteiger partial charge in [-0.1, -0.05) is 39.0 Å². The number of aromatic nitrogens is 2. The molecule has 146 valence electrons. The van der Waals surface area contributed by atoms with Crippen molar-refractivity contribution in [3.63, 3.8) is 0 Å². The molecular weight excluding hydrogens is 372 g/mol. The number of aryl methyl sites for hydroxylation is 1. The van der Waals surface area contributed by atoms with E-state index in [2.05, 4.69) is 25.8 Å². The molecule has 1 aromatic carbocycles. The van der Waals surface area contributed by atoms with Gasteiger partial charge in [-0.2, -0.15) is 0 Å². The van der Waals surface area contributed by atoms with Crippen molar-refractivity contribution in [3.05, 3.63) is 62.5 Å². The van der Waals surface area contributed by atoms with Gasteiger partial charge >= 0.3 is 0 Å². The quantitative estimate of drug-likeness (QED) is 0.683. The van der Waals surface area contributed by atoms with Crippen molar-refractivity contribution in [1.82, 2.24) is 9.55 Å². The fourth-order valence-corrected chi connectivity index (χ4v) is 5.30. The number of thiophene rings is 1. The fourth-order valence-electron chi connectivity index (χ4n) is 4.05.